The lowest BCUT2D eigenvalue weighted by Gasteiger charge is -2.27. The van der Waals surface area contributed by atoms with Crippen molar-refractivity contribution in [2.24, 2.45) is 0 Å². The molecule has 0 aliphatic heterocycles. The quantitative estimate of drug-likeness (QED) is 0.644. The number of rotatable bonds is 5. The summed E-state index contributed by atoms with van der Waals surface area (Å²) in [7, 11) is 0. The van der Waals surface area contributed by atoms with E-state index < -0.39 is 12.1 Å². The third-order valence-corrected chi connectivity index (χ3v) is 5.24. The molecule has 6 heteroatoms. The van der Waals surface area contributed by atoms with Crippen molar-refractivity contribution in [2.45, 2.75) is 43.4 Å². The number of ether oxygens (including phenoxy) is 1. The third-order valence-electron chi connectivity index (χ3n) is 4.52. The molecular weight excluding hydrogens is 348 g/mol. The Kier molecular flexibility index (Phi) is 5.93. The summed E-state index contributed by atoms with van der Waals surface area (Å²) in [5.41, 5.74) is 2.80. The number of hydrogen-bond acceptors (Lipinski definition) is 5. The number of hydrogen-bond donors (Lipinski definition) is 1. The predicted molar refractivity (Wildman–Crippen MR) is 101 cm³/mol. The largest absolute Gasteiger partial charge is 0.449 e. The maximum absolute atomic E-state index is 12.5. The molecule has 136 valence electrons. The fourth-order valence-corrected chi connectivity index (χ4v) is 3.72. The Balaban J connectivity index is 1.65. The van der Waals surface area contributed by atoms with E-state index in [-0.39, 0.29) is 11.9 Å². The van der Waals surface area contributed by atoms with Crippen molar-refractivity contribution in [1.29, 1.82) is 0 Å². The molecule has 2 atom stereocenters. The first-order valence-corrected chi connectivity index (χ1v) is 9.90. The molecule has 0 spiro atoms. The van der Waals surface area contributed by atoms with Crippen LogP contribution in [0.4, 0.5) is 0 Å². The van der Waals surface area contributed by atoms with Crippen LogP contribution in [0.3, 0.4) is 0 Å². The Morgan fingerprint density at radius 2 is 2.08 bits per heavy atom. The van der Waals surface area contributed by atoms with Gasteiger partial charge in [0.25, 0.3) is 5.91 Å². The van der Waals surface area contributed by atoms with E-state index in [0.717, 1.165) is 24.8 Å². The van der Waals surface area contributed by atoms with Gasteiger partial charge in [0, 0.05) is 6.20 Å². The van der Waals surface area contributed by atoms with Gasteiger partial charge < -0.3 is 10.1 Å². The first kappa shape index (κ1) is 18.5. The van der Waals surface area contributed by atoms with E-state index in [4.69, 9.17) is 4.74 Å². The van der Waals surface area contributed by atoms with Crippen molar-refractivity contribution >= 4 is 23.6 Å². The van der Waals surface area contributed by atoms with Crippen LogP contribution in [0, 0.1) is 0 Å². The molecule has 1 aromatic carbocycles. The maximum atomic E-state index is 12.5. The topological polar surface area (TPSA) is 68.3 Å². The molecule has 3 rings (SSSR count). The number of aromatic nitrogens is 1. The Hall–Kier alpha value is -2.34. The highest BCUT2D eigenvalue weighted by atomic mass is 32.2. The van der Waals surface area contributed by atoms with Crippen LogP contribution in [0.2, 0.25) is 0 Å². The summed E-state index contributed by atoms with van der Waals surface area (Å²) in [6.45, 7) is 1.59. The first-order chi connectivity index (χ1) is 12.6. The lowest BCUT2D eigenvalue weighted by molar-refractivity contribution is -0.130. The smallest absolute Gasteiger partial charge is 0.341 e. The van der Waals surface area contributed by atoms with Crippen molar-refractivity contribution in [2.75, 3.05) is 6.26 Å². The molecule has 1 aliphatic carbocycles. The Morgan fingerprint density at radius 1 is 1.27 bits per heavy atom. The molecule has 1 N–H and O–H groups in total. The van der Waals surface area contributed by atoms with Gasteiger partial charge in [-0.2, -0.15) is 0 Å². The number of nitrogens with one attached hydrogen (secondary N) is 1. The minimum atomic E-state index is -0.869. The van der Waals surface area contributed by atoms with Crippen molar-refractivity contribution in [1.82, 2.24) is 10.3 Å². The molecule has 0 fully saturated rings. The second-order valence-corrected chi connectivity index (χ2v) is 7.05. The Labute approximate surface area is 157 Å². The van der Waals surface area contributed by atoms with E-state index >= 15 is 0 Å². The molecule has 2 aromatic rings. The van der Waals surface area contributed by atoms with E-state index in [1.54, 1.807) is 25.3 Å². The van der Waals surface area contributed by atoms with Gasteiger partial charge in [-0.1, -0.05) is 24.3 Å². The van der Waals surface area contributed by atoms with Crippen LogP contribution in [0.25, 0.3) is 0 Å². The zero-order valence-electron chi connectivity index (χ0n) is 14.9. The molecule has 2 unspecified atom stereocenters. The van der Waals surface area contributed by atoms with Gasteiger partial charge in [-0.05, 0) is 55.7 Å². The molecule has 0 radical (unpaired) electrons. The number of esters is 1. The minimum Gasteiger partial charge on any atom is -0.449 e. The lowest BCUT2D eigenvalue weighted by Crippen LogP contribution is -2.39. The van der Waals surface area contributed by atoms with Gasteiger partial charge in [-0.15, -0.1) is 11.8 Å². The molecule has 0 saturated carbocycles. The molecule has 1 aromatic heterocycles. The second-order valence-electron chi connectivity index (χ2n) is 6.26. The van der Waals surface area contributed by atoms with Crippen LogP contribution in [-0.2, 0) is 16.0 Å². The highest BCUT2D eigenvalue weighted by Crippen LogP contribution is 2.29. The molecule has 1 amide bonds. The third kappa shape index (κ3) is 4.07. The van der Waals surface area contributed by atoms with E-state index in [1.807, 2.05) is 18.4 Å². The van der Waals surface area contributed by atoms with E-state index in [0.29, 0.717) is 10.6 Å². The molecule has 1 aliphatic rings. The summed E-state index contributed by atoms with van der Waals surface area (Å²) >= 11 is 1.37. The SMILES string of the molecule is CSc1ncccc1C(=O)OC(C)C(=O)NC1CCCc2ccccc21. The number of amides is 1. The zero-order valence-corrected chi connectivity index (χ0v) is 15.7. The summed E-state index contributed by atoms with van der Waals surface area (Å²) < 4.78 is 5.37. The van der Waals surface area contributed by atoms with Gasteiger partial charge in [-0.3, -0.25) is 4.79 Å². The van der Waals surface area contributed by atoms with Gasteiger partial charge in [0.15, 0.2) is 6.10 Å². The fourth-order valence-electron chi connectivity index (χ4n) is 3.18. The number of benzene rings is 1. The average Bonchev–Trinajstić information content (AvgIpc) is 2.68. The van der Waals surface area contributed by atoms with Gasteiger partial charge in [0.2, 0.25) is 0 Å². The van der Waals surface area contributed by atoms with Crippen LogP contribution in [0.1, 0.15) is 47.3 Å². The molecular formula is C20H22N2O3S. The minimum absolute atomic E-state index is 0.0336. The monoisotopic (exact) mass is 370 g/mol. The average molecular weight is 370 g/mol. The summed E-state index contributed by atoms with van der Waals surface area (Å²) in [4.78, 5) is 29.1. The normalized spacial score (nSPS) is 17.1. The summed E-state index contributed by atoms with van der Waals surface area (Å²) in [6.07, 6.45) is 5.55. The number of carbonyl (C=O) groups excluding carboxylic acids is 2. The summed E-state index contributed by atoms with van der Waals surface area (Å²) in [5.74, 6) is -0.816. The van der Waals surface area contributed by atoms with Gasteiger partial charge in [0.05, 0.1) is 11.6 Å². The molecule has 5 nitrogen and oxygen atoms in total. The number of fused-ring (bicyclic) bond motifs is 1. The lowest BCUT2D eigenvalue weighted by atomic mass is 9.87. The molecule has 26 heavy (non-hydrogen) atoms. The van der Waals surface area contributed by atoms with Gasteiger partial charge >= 0.3 is 5.97 Å². The van der Waals surface area contributed by atoms with Gasteiger partial charge in [-0.25, -0.2) is 9.78 Å². The molecule has 0 bridgehead atoms. The van der Waals surface area contributed by atoms with Crippen LogP contribution in [-0.4, -0.2) is 29.2 Å². The number of aryl methyl sites for hydroxylation is 1. The predicted octanol–water partition coefficient (Wildman–Crippen LogP) is 3.54. The van der Waals surface area contributed by atoms with Gasteiger partial charge in [0.1, 0.15) is 5.03 Å². The van der Waals surface area contributed by atoms with Crippen LogP contribution < -0.4 is 5.32 Å². The summed E-state index contributed by atoms with van der Waals surface area (Å²) in [5, 5.41) is 3.61. The Bertz CT molecular complexity index is 809. The molecule has 1 heterocycles. The number of carbonyl (C=O) groups is 2. The highest BCUT2D eigenvalue weighted by molar-refractivity contribution is 7.98. The maximum Gasteiger partial charge on any atom is 0.341 e. The Morgan fingerprint density at radius 3 is 2.88 bits per heavy atom. The fraction of sp³-hybridized carbons (Fsp3) is 0.350. The van der Waals surface area contributed by atoms with E-state index in [2.05, 4.69) is 22.4 Å². The first-order valence-electron chi connectivity index (χ1n) is 8.68. The van der Waals surface area contributed by atoms with Crippen LogP contribution >= 0.6 is 11.8 Å². The van der Waals surface area contributed by atoms with Crippen molar-refractivity contribution in [3.8, 4) is 0 Å². The van der Waals surface area contributed by atoms with Crippen molar-refractivity contribution < 1.29 is 14.3 Å². The number of thioether (sulfide) groups is 1. The van der Waals surface area contributed by atoms with Crippen LogP contribution in [0.5, 0.6) is 0 Å². The molecule has 0 saturated heterocycles. The second kappa shape index (κ2) is 8.36. The zero-order chi connectivity index (χ0) is 18.5. The number of pyridine rings is 1. The van der Waals surface area contributed by atoms with Crippen molar-refractivity contribution in [3.63, 3.8) is 0 Å². The van der Waals surface area contributed by atoms with E-state index in [9.17, 15) is 9.59 Å². The summed E-state index contributed by atoms with van der Waals surface area (Å²) in [6, 6.07) is 11.5. The highest BCUT2D eigenvalue weighted by Gasteiger charge is 2.26. The van der Waals surface area contributed by atoms with E-state index in [1.165, 1.54) is 17.3 Å². The van der Waals surface area contributed by atoms with Crippen LogP contribution in [0.15, 0.2) is 47.6 Å². The number of nitrogens with zero attached hydrogens (tertiary/aromatic N) is 1. The standard InChI is InChI=1S/C20H22N2O3S/c1-13(25-20(24)16-10-6-12-21-19(16)26-2)18(23)22-17-11-5-8-14-7-3-4-9-15(14)17/h3-4,6-7,9-10,12-13,17H,5,8,11H2,1-2H3,(H,22,23). The van der Waals surface area contributed by atoms with Crippen molar-refractivity contribution in [3.05, 3.63) is 59.3 Å².